The van der Waals surface area contributed by atoms with Crippen LogP contribution >= 0.6 is 38.5 Å². The fourth-order valence-corrected chi connectivity index (χ4v) is 3.55. The molecule has 0 radical (unpaired) electrons. The third-order valence-corrected chi connectivity index (χ3v) is 6.83. The zero-order chi connectivity index (χ0) is 21.1. The van der Waals surface area contributed by atoms with E-state index in [-0.39, 0.29) is 5.70 Å². The molecule has 3 aromatic rings. The van der Waals surface area contributed by atoms with Crippen LogP contribution in [0, 0.1) is 10.5 Å². The molecular weight excluding hydrogens is 557 g/mol. The number of carbonyl (C=O) groups is 1. The van der Waals surface area contributed by atoms with E-state index in [4.69, 9.17) is 9.47 Å². The Hall–Kier alpha value is -2.45. The first-order valence-corrected chi connectivity index (χ1v) is 11.1. The zero-order valence-corrected chi connectivity index (χ0v) is 19.8. The fraction of sp³-hybridized carbons (Fsp3) is 0.0833. The van der Waals surface area contributed by atoms with Crippen LogP contribution in [0.1, 0.15) is 22.3 Å². The summed E-state index contributed by atoms with van der Waals surface area (Å²) in [7, 11) is 0. The monoisotopic (exact) mass is 573 g/mol. The van der Waals surface area contributed by atoms with Gasteiger partial charge in [0.25, 0.3) is 0 Å². The van der Waals surface area contributed by atoms with Gasteiger partial charge in [-0.15, -0.1) is 0 Å². The lowest BCUT2D eigenvalue weighted by Gasteiger charge is -2.07. The van der Waals surface area contributed by atoms with Gasteiger partial charge >= 0.3 is 5.97 Å². The topological polar surface area (TPSA) is 47.9 Å². The summed E-state index contributed by atoms with van der Waals surface area (Å²) in [5.74, 6) is 0.612. The number of aliphatic imine (C=N–C) groups is 1. The van der Waals surface area contributed by atoms with Gasteiger partial charge in [-0.3, -0.25) is 0 Å². The van der Waals surface area contributed by atoms with Crippen molar-refractivity contribution < 1.29 is 14.3 Å². The van der Waals surface area contributed by atoms with E-state index in [9.17, 15) is 4.79 Å². The van der Waals surface area contributed by atoms with Crippen molar-refractivity contribution in [1.82, 2.24) is 0 Å². The summed E-state index contributed by atoms with van der Waals surface area (Å²) in [6, 6.07) is 21.5. The molecule has 4 nitrogen and oxygen atoms in total. The van der Waals surface area contributed by atoms with E-state index in [1.807, 2.05) is 42.5 Å². The number of benzene rings is 3. The van der Waals surface area contributed by atoms with Crippen LogP contribution in [-0.4, -0.2) is 11.9 Å². The van der Waals surface area contributed by atoms with Crippen molar-refractivity contribution >= 4 is 56.5 Å². The number of aryl methyl sites for hydroxylation is 1. The molecule has 0 fully saturated rings. The Balaban J connectivity index is 1.46. The maximum absolute atomic E-state index is 12.2. The molecule has 0 amide bonds. The summed E-state index contributed by atoms with van der Waals surface area (Å²) in [6.45, 7) is 2.57. The number of esters is 1. The van der Waals surface area contributed by atoms with Gasteiger partial charge in [0, 0.05) is 13.6 Å². The highest BCUT2D eigenvalue weighted by molar-refractivity contribution is 14.1. The van der Waals surface area contributed by atoms with E-state index in [0.717, 1.165) is 30.5 Å². The van der Waals surface area contributed by atoms with Crippen LogP contribution in [0.4, 0.5) is 0 Å². The molecule has 1 heterocycles. The molecule has 1 aliphatic rings. The summed E-state index contributed by atoms with van der Waals surface area (Å²) >= 11 is 5.71. The van der Waals surface area contributed by atoms with E-state index in [1.165, 1.54) is 5.56 Å². The maximum Gasteiger partial charge on any atom is 0.363 e. The van der Waals surface area contributed by atoms with Crippen molar-refractivity contribution in [2.45, 2.75) is 13.5 Å². The van der Waals surface area contributed by atoms with Gasteiger partial charge < -0.3 is 9.47 Å². The highest BCUT2D eigenvalue weighted by Crippen LogP contribution is 2.25. The summed E-state index contributed by atoms with van der Waals surface area (Å²) in [5, 5.41) is 0. The Kier molecular flexibility index (Phi) is 6.34. The van der Waals surface area contributed by atoms with Crippen LogP contribution < -0.4 is 4.74 Å². The average molecular weight is 574 g/mol. The number of cyclic esters (lactones) is 1. The summed E-state index contributed by atoms with van der Waals surface area (Å²) in [6.07, 6.45) is 1.71. The van der Waals surface area contributed by atoms with Crippen LogP contribution in [0.2, 0.25) is 0 Å². The largest absolute Gasteiger partial charge is 0.489 e. The van der Waals surface area contributed by atoms with Crippen LogP contribution in [0.25, 0.3) is 6.08 Å². The molecule has 4 rings (SSSR count). The van der Waals surface area contributed by atoms with Gasteiger partial charge in [-0.05, 0) is 93.0 Å². The lowest BCUT2D eigenvalue weighted by Crippen LogP contribution is -2.05. The molecule has 30 heavy (non-hydrogen) atoms. The molecule has 0 saturated heterocycles. The second-order valence-electron chi connectivity index (χ2n) is 6.81. The molecule has 0 spiro atoms. The summed E-state index contributed by atoms with van der Waals surface area (Å²) < 4.78 is 13.2. The van der Waals surface area contributed by atoms with Crippen LogP contribution in [0.3, 0.4) is 0 Å². The second kappa shape index (κ2) is 9.14. The smallest absolute Gasteiger partial charge is 0.363 e. The minimum Gasteiger partial charge on any atom is -0.489 e. The molecule has 0 unspecified atom stereocenters. The number of carbonyl (C=O) groups excluding carboxylic acids is 1. The summed E-state index contributed by atoms with van der Waals surface area (Å²) in [4.78, 5) is 16.6. The molecule has 0 atom stereocenters. The fourth-order valence-electron chi connectivity index (χ4n) is 2.83. The second-order valence-corrected chi connectivity index (χ2v) is 8.82. The van der Waals surface area contributed by atoms with Gasteiger partial charge in [0.15, 0.2) is 5.70 Å². The van der Waals surface area contributed by atoms with E-state index < -0.39 is 5.97 Å². The molecule has 0 N–H and O–H groups in total. The van der Waals surface area contributed by atoms with Crippen molar-refractivity contribution in [1.29, 1.82) is 0 Å². The molecular formula is C24H17BrINO3. The number of rotatable bonds is 5. The van der Waals surface area contributed by atoms with Gasteiger partial charge in [-0.1, -0.05) is 42.0 Å². The Morgan fingerprint density at radius 2 is 1.80 bits per heavy atom. The van der Waals surface area contributed by atoms with Crippen LogP contribution in [0.5, 0.6) is 5.75 Å². The Morgan fingerprint density at radius 1 is 1.07 bits per heavy atom. The van der Waals surface area contributed by atoms with E-state index in [0.29, 0.717) is 12.5 Å². The normalized spacial score (nSPS) is 14.6. The lowest BCUT2D eigenvalue weighted by atomic mass is 10.1. The SMILES string of the molecule is Cc1ccc(COc2ccc(/C=C3\N=C(c4ccc(I)c(Br)c4)OC3=O)cc2)cc1. The molecule has 150 valence electrons. The molecule has 0 bridgehead atoms. The van der Waals surface area contributed by atoms with Crippen LogP contribution in [-0.2, 0) is 16.1 Å². The predicted octanol–water partition coefficient (Wildman–Crippen LogP) is 6.29. The van der Waals surface area contributed by atoms with Crippen molar-refractivity contribution in [3.8, 4) is 5.75 Å². The minimum atomic E-state index is -0.459. The molecule has 1 aliphatic heterocycles. The number of hydrogen-bond acceptors (Lipinski definition) is 4. The van der Waals surface area contributed by atoms with E-state index >= 15 is 0 Å². The third-order valence-electron chi connectivity index (χ3n) is 4.50. The van der Waals surface area contributed by atoms with Crippen molar-refractivity contribution in [2.24, 2.45) is 4.99 Å². The summed E-state index contributed by atoms with van der Waals surface area (Å²) in [5.41, 5.74) is 4.21. The first kappa shape index (κ1) is 20.8. The number of halogens is 2. The Labute approximate surface area is 196 Å². The molecule has 0 saturated carbocycles. The molecule has 0 aromatic heterocycles. The lowest BCUT2D eigenvalue weighted by molar-refractivity contribution is -0.129. The maximum atomic E-state index is 12.2. The van der Waals surface area contributed by atoms with E-state index in [2.05, 4.69) is 74.7 Å². The third kappa shape index (κ3) is 4.99. The van der Waals surface area contributed by atoms with E-state index in [1.54, 1.807) is 6.08 Å². The zero-order valence-electron chi connectivity index (χ0n) is 16.1. The Bertz CT molecular complexity index is 1150. The van der Waals surface area contributed by atoms with Crippen molar-refractivity contribution in [2.75, 3.05) is 0 Å². The van der Waals surface area contributed by atoms with Crippen molar-refractivity contribution in [3.05, 3.63) is 103 Å². The van der Waals surface area contributed by atoms with Gasteiger partial charge in [0.2, 0.25) is 5.90 Å². The quantitative estimate of drug-likeness (QED) is 0.205. The van der Waals surface area contributed by atoms with Crippen LogP contribution in [0.15, 0.2) is 81.9 Å². The molecule has 0 aliphatic carbocycles. The van der Waals surface area contributed by atoms with Crippen molar-refractivity contribution in [3.63, 3.8) is 0 Å². The van der Waals surface area contributed by atoms with Gasteiger partial charge in [-0.2, -0.15) is 0 Å². The average Bonchev–Trinajstić information content (AvgIpc) is 3.11. The van der Waals surface area contributed by atoms with Gasteiger partial charge in [0.1, 0.15) is 12.4 Å². The highest BCUT2D eigenvalue weighted by atomic mass is 127. The number of nitrogens with zero attached hydrogens (tertiary/aromatic N) is 1. The Morgan fingerprint density at radius 3 is 2.50 bits per heavy atom. The number of ether oxygens (including phenoxy) is 2. The highest BCUT2D eigenvalue weighted by Gasteiger charge is 2.24. The molecule has 6 heteroatoms. The number of hydrogen-bond donors (Lipinski definition) is 0. The van der Waals surface area contributed by atoms with Gasteiger partial charge in [0.05, 0.1) is 0 Å². The predicted molar refractivity (Wildman–Crippen MR) is 129 cm³/mol. The molecule has 3 aromatic carbocycles. The standard InChI is InChI=1S/C24H17BrINO3/c1-15-2-4-17(5-3-15)14-29-19-9-6-16(7-10-19)12-22-24(28)30-23(27-22)18-8-11-21(26)20(25)13-18/h2-13H,14H2,1H3/b22-12-. The van der Waals surface area contributed by atoms with Gasteiger partial charge in [-0.25, -0.2) is 9.79 Å². The minimum absolute atomic E-state index is 0.271. The first-order valence-electron chi connectivity index (χ1n) is 9.24. The first-order chi connectivity index (χ1) is 14.5.